The van der Waals surface area contributed by atoms with Crippen LogP contribution in [0, 0.1) is 13.8 Å². The third-order valence-electron chi connectivity index (χ3n) is 5.52. The maximum Gasteiger partial charge on any atom is 0.273 e. The molecule has 0 bridgehead atoms. The lowest BCUT2D eigenvalue weighted by Crippen LogP contribution is -2.33. The van der Waals surface area contributed by atoms with E-state index in [1.807, 2.05) is 25.3 Å². The van der Waals surface area contributed by atoms with Crippen molar-refractivity contribution in [2.24, 2.45) is 5.10 Å². The van der Waals surface area contributed by atoms with Crippen LogP contribution < -0.4 is 9.73 Å². The second-order valence-corrected chi connectivity index (χ2v) is 11.4. The highest BCUT2D eigenvalue weighted by molar-refractivity contribution is 7.92. The van der Waals surface area contributed by atoms with Crippen molar-refractivity contribution in [1.82, 2.24) is 5.43 Å². The lowest BCUT2D eigenvalue weighted by atomic mass is 10.1. The van der Waals surface area contributed by atoms with Gasteiger partial charge in [-0.2, -0.15) is 5.10 Å². The maximum atomic E-state index is 13.8. The van der Waals surface area contributed by atoms with E-state index in [0.717, 1.165) is 21.6 Å². The monoisotopic (exact) mass is 537 g/mol. The number of thiophene rings is 1. The Labute approximate surface area is 219 Å². The van der Waals surface area contributed by atoms with Crippen LogP contribution in [0.25, 0.3) is 0 Å². The molecule has 4 aromatic rings. The molecule has 6 nitrogen and oxygen atoms in total. The Morgan fingerprint density at radius 2 is 1.69 bits per heavy atom. The van der Waals surface area contributed by atoms with Crippen molar-refractivity contribution in [3.8, 4) is 0 Å². The molecule has 0 atom stereocenters. The average Bonchev–Trinajstić information content (AvgIpc) is 3.28. The Morgan fingerprint density at radius 1 is 1.00 bits per heavy atom. The molecular formula is C27H24ClN3O3S2. The van der Waals surface area contributed by atoms with Gasteiger partial charge < -0.3 is 0 Å². The van der Waals surface area contributed by atoms with Crippen LogP contribution in [0.4, 0.5) is 5.69 Å². The molecule has 3 aromatic carbocycles. The molecule has 0 saturated heterocycles. The predicted octanol–water partition coefficient (Wildman–Crippen LogP) is 6.18. The van der Waals surface area contributed by atoms with Gasteiger partial charge in [0.2, 0.25) is 0 Å². The Kier molecular flexibility index (Phi) is 7.88. The first-order chi connectivity index (χ1) is 17.3. The Hall–Kier alpha value is -3.46. The number of anilines is 1. The molecule has 0 aliphatic heterocycles. The molecule has 9 heteroatoms. The molecule has 4 rings (SSSR count). The van der Waals surface area contributed by atoms with E-state index in [4.69, 9.17) is 11.6 Å². The van der Waals surface area contributed by atoms with Crippen LogP contribution in [0.3, 0.4) is 0 Å². The maximum absolute atomic E-state index is 13.8. The zero-order chi connectivity index (χ0) is 25.7. The molecule has 184 valence electrons. The average molecular weight is 538 g/mol. The van der Waals surface area contributed by atoms with E-state index in [-0.39, 0.29) is 22.7 Å². The number of halogens is 1. The van der Waals surface area contributed by atoms with Crippen LogP contribution in [-0.2, 0) is 16.6 Å². The molecule has 36 heavy (non-hydrogen) atoms. The minimum absolute atomic E-state index is 0.00926. The fourth-order valence-electron chi connectivity index (χ4n) is 3.50. The van der Waals surface area contributed by atoms with Crippen molar-refractivity contribution in [3.05, 3.63) is 116 Å². The molecule has 0 fully saturated rings. The number of nitrogens with zero attached hydrogens (tertiary/aromatic N) is 2. The van der Waals surface area contributed by atoms with Crippen LogP contribution in [0.2, 0.25) is 5.02 Å². The zero-order valence-electron chi connectivity index (χ0n) is 19.7. The molecule has 0 saturated carbocycles. The first-order valence-corrected chi connectivity index (χ1v) is 13.8. The smallest absolute Gasteiger partial charge is 0.267 e. The highest BCUT2D eigenvalue weighted by Crippen LogP contribution is 2.30. The molecule has 0 spiro atoms. The molecule has 1 aromatic heterocycles. The normalized spacial score (nSPS) is 11.5. The highest BCUT2D eigenvalue weighted by atomic mass is 35.5. The minimum atomic E-state index is -4.01. The number of hydrazone groups is 1. The van der Waals surface area contributed by atoms with E-state index >= 15 is 0 Å². The number of carbonyl (C=O) groups is 1. The number of hydrogen-bond donors (Lipinski definition) is 1. The molecule has 0 aliphatic rings. The van der Waals surface area contributed by atoms with Gasteiger partial charge in [0.05, 0.1) is 28.9 Å². The minimum Gasteiger partial charge on any atom is -0.267 e. The second kappa shape index (κ2) is 11.1. The van der Waals surface area contributed by atoms with Gasteiger partial charge in [0.15, 0.2) is 0 Å². The molecule has 1 amide bonds. The lowest BCUT2D eigenvalue weighted by Gasteiger charge is -2.26. The lowest BCUT2D eigenvalue weighted by molar-refractivity contribution is 0.0955. The Morgan fingerprint density at radius 3 is 2.36 bits per heavy atom. The van der Waals surface area contributed by atoms with Gasteiger partial charge in [0, 0.05) is 9.90 Å². The van der Waals surface area contributed by atoms with Crippen LogP contribution in [0.1, 0.15) is 31.9 Å². The van der Waals surface area contributed by atoms with E-state index in [2.05, 4.69) is 10.5 Å². The number of benzene rings is 3. The number of carbonyl (C=O) groups excluding carboxylic acids is 1. The standard InChI is InChI=1S/C27H24ClN3O3S2/c1-19-7-13-23(14-8-19)36(33,34)31(18-21-9-11-22(28)12-10-21)25-6-4-3-5-24(25)27(32)30-29-17-26-20(2)15-16-35-26/h3-17H,18H2,1-2H3,(H,30,32)/b29-17-. The van der Waals surface area contributed by atoms with Crippen LogP contribution in [0.5, 0.6) is 0 Å². The number of hydrogen-bond acceptors (Lipinski definition) is 5. The number of sulfonamides is 1. The van der Waals surface area contributed by atoms with E-state index in [0.29, 0.717) is 5.02 Å². The first-order valence-electron chi connectivity index (χ1n) is 11.1. The second-order valence-electron chi connectivity index (χ2n) is 8.14. The molecule has 0 aliphatic carbocycles. The van der Waals surface area contributed by atoms with Crippen molar-refractivity contribution in [2.75, 3.05) is 4.31 Å². The summed E-state index contributed by atoms with van der Waals surface area (Å²) >= 11 is 7.54. The van der Waals surface area contributed by atoms with Gasteiger partial charge in [-0.1, -0.05) is 53.6 Å². The van der Waals surface area contributed by atoms with Gasteiger partial charge in [-0.25, -0.2) is 13.8 Å². The van der Waals surface area contributed by atoms with Crippen LogP contribution in [0.15, 0.2) is 94.2 Å². The first kappa shape index (κ1) is 25.6. The highest BCUT2D eigenvalue weighted by Gasteiger charge is 2.28. The van der Waals surface area contributed by atoms with E-state index in [1.54, 1.807) is 79.0 Å². The van der Waals surface area contributed by atoms with Gasteiger partial charge in [-0.05, 0) is 72.8 Å². The van der Waals surface area contributed by atoms with Crippen molar-refractivity contribution in [1.29, 1.82) is 0 Å². The van der Waals surface area contributed by atoms with Crippen molar-refractivity contribution in [3.63, 3.8) is 0 Å². The van der Waals surface area contributed by atoms with Crippen molar-refractivity contribution >= 4 is 50.8 Å². The summed E-state index contributed by atoms with van der Waals surface area (Å²) in [7, 11) is -4.01. The summed E-state index contributed by atoms with van der Waals surface area (Å²) in [6.07, 6.45) is 1.58. The Balaban J connectivity index is 1.73. The van der Waals surface area contributed by atoms with E-state index < -0.39 is 15.9 Å². The summed E-state index contributed by atoms with van der Waals surface area (Å²) in [5.74, 6) is -0.517. The summed E-state index contributed by atoms with van der Waals surface area (Å²) in [4.78, 5) is 14.2. The van der Waals surface area contributed by atoms with Gasteiger partial charge in [-0.15, -0.1) is 11.3 Å². The summed E-state index contributed by atoms with van der Waals surface area (Å²) < 4.78 is 28.9. The van der Waals surface area contributed by atoms with Crippen molar-refractivity contribution in [2.45, 2.75) is 25.3 Å². The number of nitrogens with one attached hydrogen (secondary N) is 1. The van der Waals surface area contributed by atoms with Gasteiger partial charge in [0.25, 0.3) is 15.9 Å². The predicted molar refractivity (Wildman–Crippen MR) is 147 cm³/mol. The fourth-order valence-corrected chi connectivity index (χ4v) is 5.89. The van der Waals surface area contributed by atoms with Crippen molar-refractivity contribution < 1.29 is 13.2 Å². The van der Waals surface area contributed by atoms with E-state index in [1.165, 1.54) is 15.6 Å². The summed E-state index contributed by atoms with van der Waals surface area (Å²) in [6.45, 7) is 3.86. The number of rotatable bonds is 8. The topological polar surface area (TPSA) is 78.8 Å². The quantitative estimate of drug-likeness (QED) is 0.215. The van der Waals surface area contributed by atoms with Gasteiger partial charge >= 0.3 is 0 Å². The Bertz CT molecular complexity index is 1500. The third kappa shape index (κ3) is 5.84. The fraction of sp³-hybridized carbons (Fsp3) is 0.111. The number of amides is 1. The van der Waals surface area contributed by atoms with Crippen LogP contribution >= 0.6 is 22.9 Å². The van der Waals surface area contributed by atoms with E-state index in [9.17, 15) is 13.2 Å². The zero-order valence-corrected chi connectivity index (χ0v) is 22.1. The molecule has 1 heterocycles. The molecule has 0 unspecified atom stereocenters. The SMILES string of the molecule is Cc1ccc(S(=O)(=O)N(Cc2ccc(Cl)cc2)c2ccccc2C(=O)N/N=C\c2sccc2C)cc1. The van der Waals surface area contributed by atoms with Gasteiger partial charge in [-0.3, -0.25) is 9.10 Å². The molecule has 0 radical (unpaired) electrons. The number of para-hydroxylation sites is 1. The summed E-state index contributed by atoms with van der Waals surface area (Å²) in [6, 6.07) is 22.1. The van der Waals surface area contributed by atoms with Crippen LogP contribution in [-0.4, -0.2) is 20.5 Å². The summed E-state index contributed by atoms with van der Waals surface area (Å²) in [5.41, 5.74) is 5.67. The third-order valence-corrected chi connectivity index (χ3v) is 8.49. The van der Waals surface area contributed by atoms with Gasteiger partial charge in [0.1, 0.15) is 0 Å². The number of aryl methyl sites for hydroxylation is 2. The summed E-state index contributed by atoms with van der Waals surface area (Å²) in [5, 5.41) is 6.57. The largest absolute Gasteiger partial charge is 0.273 e. The molecule has 1 N–H and O–H groups in total. The molecular weight excluding hydrogens is 514 g/mol.